The highest BCUT2D eigenvalue weighted by Gasteiger charge is 2.08. The molecule has 4 rings (SSSR count). The van der Waals surface area contributed by atoms with Crippen LogP contribution in [0.15, 0.2) is 91.9 Å². The van der Waals surface area contributed by atoms with Gasteiger partial charge in [0.1, 0.15) is 0 Å². The van der Waals surface area contributed by atoms with Crippen LogP contribution in [0.25, 0.3) is 33.2 Å². The summed E-state index contributed by atoms with van der Waals surface area (Å²) in [6.45, 7) is 3.49. The van der Waals surface area contributed by atoms with Crippen molar-refractivity contribution in [3.05, 3.63) is 91.9 Å². The van der Waals surface area contributed by atoms with Crippen molar-refractivity contribution in [2.24, 2.45) is 0 Å². The van der Waals surface area contributed by atoms with E-state index in [9.17, 15) is 4.79 Å². The predicted molar refractivity (Wildman–Crippen MR) is 109 cm³/mol. The molecule has 0 aliphatic rings. The number of aromatic nitrogens is 2. The molecule has 2 aromatic carbocycles. The molecule has 0 aliphatic carbocycles. The zero-order valence-corrected chi connectivity index (χ0v) is 14.6. The molecule has 0 fully saturated rings. The minimum absolute atomic E-state index is 0.228. The first kappa shape index (κ1) is 16.7. The van der Waals surface area contributed by atoms with Gasteiger partial charge in [0.25, 0.3) is 0 Å². The maximum atomic E-state index is 11.6. The highest BCUT2D eigenvalue weighted by Crippen LogP contribution is 2.31. The van der Waals surface area contributed by atoms with E-state index in [-0.39, 0.29) is 5.91 Å². The molecule has 4 nitrogen and oxygen atoms in total. The van der Waals surface area contributed by atoms with Crippen molar-refractivity contribution in [3.63, 3.8) is 0 Å². The molecule has 0 unspecified atom stereocenters. The van der Waals surface area contributed by atoms with E-state index in [1.807, 2.05) is 67.0 Å². The van der Waals surface area contributed by atoms with Crippen molar-refractivity contribution in [3.8, 4) is 22.3 Å². The van der Waals surface area contributed by atoms with Gasteiger partial charge in [-0.1, -0.05) is 30.8 Å². The number of anilines is 1. The maximum Gasteiger partial charge on any atom is 0.247 e. The Morgan fingerprint density at radius 1 is 0.926 bits per heavy atom. The lowest BCUT2D eigenvalue weighted by Crippen LogP contribution is -2.06. The number of fused-ring (bicyclic) bond motifs is 1. The molecule has 4 aromatic rings. The third kappa shape index (κ3) is 3.46. The Balaban J connectivity index is 1.81. The lowest BCUT2D eigenvalue weighted by Gasteiger charge is -2.10. The van der Waals surface area contributed by atoms with Gasteiger partial charge in [-0.15, -0.1) is 0 Å². The molecule has 0 spiro atoms. The average molecular weight is 351 g/mol. The van der Waals surface area contributed by atoms with Gasteiger partial charge >= 0.3 is 0 Å². The molecule has 0 radical (unpaired) electrons. The van der Waals surface area contributed by atoms with Crippen molar-refractivity contribution >= 4 is 22.5 Å². The van der Waals surface area contributed by atoms with E-state index in [2.05, 4.69) is 27.9 Å². The molecule has 2 aromatic heterocycles. The van der Waals surface area contributed by atoms with Crippen LogP contribution in [-0.4, -0.2) is 15.9 Å². The monoisotopic (exact) mass is 351 g/mol. The summed E-state index contributed by atoms with van der Waals surface area (Å²) in [6, 6.07) is 19.9. The van der Waals surface area contributed by atoms with Gasteiger partial charge < -0.3 is 5.32 Å². The fourth-order valence-corrected chi connectivity index (χ4v) is 3.07. The minimum Gasteiger partial charge on any atom is -0.323 e. The van der Waals surface area contributed by atoms with Crippen LogP contribution in [0.1, 0.15) is 0 Å². The Hall–Kier alpha value is -3.79. The Morgan fingerprint density at radius 3 is 2.59 bits per heavy atom. The molecule has 2 heterocycles. The van der Waals surface area contributed by atoms with Crippen LogP contribution in [0.5, 0.6) is 0 Å². The van der Waals surface area contributed by atoms with Crippen LogP contribution in [0.3, 0.4) is 0 Å². The summed E-state index contributed by atoms with van der Waals surface area (Å²) in [5.41, 5.74) is 5.86. The Morgan fingerprint density at radius 2 is 1.78 bits per heavy atom. The number of nitrogens with zero attached hydrogens (tertiary/aromatic N) is 2. The number of nitrogens with one attached hydrogen (secondary N) is 1. The Bertz CT molecular complexity index is 1140. The summed E-state index contributed by atoms with van der Waals surface area (Å²) >= 11 is 0. The van der Waals surface area contributed by atoms with Gasteiger partial charge in [0.15, 0.2) is 0 Å². The van der Waals surface area contributed by atoms with Crippen LogP contribution in [0.2, 0.25) is 0 Å². The number of carbonyl (C=O) groups is 1. The fraction of sp³-hybridized carbons (Fsp3) is 0. The summed E-state index contributed by atoms with van der Waals surface area (Å²) in [5.74, 6) is -0.228. The number of pyridine rings is 2. The lowest BCUT2D eigenvalue weighted by molar-refractivity contribution is -0.111. The number of amides is 1. The Labute approximate surface area is 157 Å². The van der Waals surface area contributed by atoms with Crippen LogP contribution in [0, 0.1) is 0 Å². The van der Waals surface area contributed by atoms with Gasteiger partial charge in [0.05, 0.1) is 5.52 Å². The fourth-order valence-electron chi connectivity index (χ4n) is 3.07. The molecule has 0 atom stereocenters. The lowest BCUT2D eigenvalue weighted by atomic mass is 9.98. The topological polar surface area (TPSA) is 54.9 Å². The first-order valence-corrected chi connectivity index (χ1v) is 8.57. The number of hydrogen-bond acceptors (Lipinski definition) is 3. The van der Waals surface area contributed by atoms with Crippen molar-refractivity contribution in [2.75, 3.05) is 5.32 Å². The number of rotatable bonds is 4. The molecule has 0 saturated carbocycles. The molecule has 1 amide bonds. The minimum atomic E-state index is -0.228. The van der Waals surface area contributed by atoms with Crippen molar-refractivity contribution in [2.45, 2.75) is 0 Å². The molecule has 0 aliphatic heterocycles. The van der Waals surface area contributed by atoms with Gasteiger partial charge in [-0.25, -0.2) is 0 Å². The molecule has 0 bridgehead atoms. The van der Waals surface area contributed by atoms with E-state index < -0.39 is 0 Å². The van der Waals surface area contributed by atoms with E-state index >= 15 is 0 Å². The molecule has 27 heavy (non-hydrogen) atoms. The largest absolute Gasteiger partial charge is 0.323 e. The summed E-state index contributed by atoms with van der Waals surface area (Å²) < 4.78 is 0. The van der Waals surface area contributed by atoms with Gasteiger partial charge in [0.2, 0.25) is 5.91 Å². The van der Waals surface area contributed by atoms with E-state index in [1.165, 1.54) is 6.08 Å². The highest BCUT2D eigenvalue weighted by atomic mass is 16.1. The van der Waals surface area contributed by atoms with E-state index in [0.717, 1.165) is 38.8 Å². The molecule has 4 heteroatoms. The molecule has 0 saturated heterocycles. The quantitative estimate of drug-likeness (QED) is 0.521. The van der Waals surface area contributed by atoms with Crippen LogP contribution >= 0.6 is 0 Å². The SMILES string of the molecule is C=CC(=O)Nc1cccc(-c2ccc3nccc(-c4cccnc4)c3c2)c1. The van der Waals surface area contributed by atoms with E-state index in [4.69, 9.17) is 0 Å². The summed E-state index contributed by atoms with van der Waals surface area (Å²) in [4.78, 5) is 20.3. The molecular formula is C23H17N3O. The average Bonchev–Trinajstić information content (AvgIpc) is 2.73. The Kier molecular flexibility index (Phi) is 4.45. The van der Waals surface area contributed by atoms with Crippen LogP contribution in [0.4, 0.5) is 5.69 Å². The standard InChI is InChI=1S/C23H17N3O/c1-2-23(27)26-19-7-3-5-16(13-19)17-8-9-22-21(14-17)20(10-12-25-22)18-6-4-11-24-15-18/h2-15H,1H2,(H,26,27). The third-order valence-electron chi connectivity index (χ3n) is 4.36. The zero-order valence-electron chi connectivity index (χ0n) is 14.6. The van der Waals surface area contributed by atoms with Gasteiger partial charge in [-0.3, -0.25) is 14.8 Å². The summed E-state index contributed by atoms with van der Waals surface area (Å²) in [6.07, 6.45) is 6.69. The molecular weight excluding hydrogens is 334 g/mol. The van der Waals surface area contributed by atoms with E-state index in [0.29, 0.717) is 0 Å². The predicted octanol–water partition coefficient (Wildman–Crippen LogP) is 5.09. The van der Waals surface area contributed by atoms with Crippen molar-refractivity contribution in [1.29, 1.82) is 0 Å². The van der Waals surface area contributed by atoms with Gasteiger partial charge in [-0.2, -0.15) is 0 Å². The van der Waals surface area contributed by atoms with Gasteiger partial charge in [0, 0.05) is 35.2 Å². The van der Waals surface area contributed by atoms with Gasteiger partial charge in [-0.05, 0) is 59.2 Å². The maximum absolute atomic E-state index is 11.6. The normalized spacial score (nSPS) is 10.5. The second kappa shape index (κ2) is 7.22. The number of benzene rings is 2. The van der Waals surface area contributed by atoms with Crippen molar-refractivity contribution in [1.82, 2.24) is 9.97 Å². The second-order valence-corrected chi connectivity index (χ2v) is 6.11. The number of carbonyl (C=O) groups excluding carboxylic acids is 1. The highest BCUT2D eigenvalue weighted by molar-refractivity contribution is 6.00. The first-order chi connectivity index (χ1) is 13.2. The third-order valence-corrected chi connectivity index (χ3v) is 4.36. The smallest absolute Gasteiger partial charge is 0.247 e. The molecule has 130 valence electrons. The number of hydrogen-bond donors (Lipinski definition) is 1. The first-order valence-electron chi connectivity index (χ1n) is 8.57. The van der Waals surface area contributed by atoms with Crippen LogP contribution < -0.4 is 5.32 Å². The zero-order chi connectivity index (χ0) is 18.6. The van der Waals surface area contributed by atoms with Crippen molar-refractivity contribution < 1.29 is 4.79 Å². The van der Waals surface area contributed by atoms with Crippen LogP contribution in [-0.2, 0) is 4.79 Å². The summed E-state index contributed by atoms with van der Waals surface area (Å²) in [5, 5.41) is 3.86. The second-order valence-electron chi connectivity index (χ2n) is 6.11. The molecule has 1 N–H and O–H groups in total. The summed E-state index contributed by atoms with van der Waals surface area (Å²) in [7, 11) is 0. The van der Waals surface area contributed by atoms with E-state index in [1.54, 1.807) is 6.20 Å².